The van der Waals surface area contributed by atoms with E-state index >= 15 is 0 Å². The van der Waals surface area contributed by atoms with E-state index in [-0.39, 0.29) is 12.6 Å². The van der Waals surface area contributed by atoms with Gasteiger partial charge in [0.05, 0.1) is 16.9 Å². The zero-order valence-corrected chi connectivity index (χ0v) is 12.2. The number of amides is 2. The summed E-state index contributed by atoms with van der Waals surface area (Å²) in [6.07, 6.45) is 3.52. The number of carbonyl (C=O) groups excluding carboxylic acids is 1. The molecule has 8 nitrogen and oxygen atoms in total. The fourth-order valence-electron chi connectivity index (χ4n) is 1.63. The minimum atomic E-state index is -0.993. The van der Waals surface area contributed by atoms with Crippen LogP contribution in [0.3, 0.4) is 0 Å². The smallest absolute Gasteiger partial charge is 0.325 e. The van der Waals surface area contributed by atoms with Crippen molar-refractivity contribution < 1.29 is 14.7 Å². The third kappa shape index (κ3) is 4.88. The molecule has 0 atom stereocenters. The van der Waals surface area contributed by atoms with Gasteiger partial charge in [-0.15, -0.1) is 11.3 Å². The van der Waals surface area contributed by atoms with Crippen molar-refractivity contribution in [2.75, 3.05) is 11.9 Å². The number of aryl methyl sites for hydroxylation is 1. The lowest BCUT2D eigenvalue weighted by molar-refractivity contribution is -0.137. The van der Waals surface area contributed by atoms with Gasteiger partial charge in [-0.2, -0.15) is 5.10 Å². The van der Waals surface area contributed by atoms with E-state index in [1.807, 2.05) is 12.3 Å². The van der Waals surface area contributed by atoms with Crippen molar-refractivity contribution >= 4 is 29.0 Å². The number of hydrogen-bond donors (Lipinski definition) is 3. The van der Waals surface area contributed by atoms with E-state index in [2.05, 4.69) is 20.7 Å². The normalized spacial score (nSPS) is 10.3. The molecule has 0 aromatic carbocycles. The maximum atomic E-state index is 11.6. The first kappa shape index (κ1) is 15.0. The van der Waals surface area contributed by atoms with Crippen LogP contribution in [0.5, 0.6) is 0 Å². The number of nitrogens with one attached hydrogen (secondary N) is 2. The molecule has 2 aromatic rings. The maximum absolute atomic E-state index is 11.6. The zero-order valence-electron chi connectivity index (χ0n) is 11.4. The summed E-state index contributed by atoms with van der Waals surface area (Å²) >= 11 is 1.56. The van der Waals surface area contributed by atoms with Crippen molar-refractivity contribution in [3.05, 3.63) is 28.5 Å². The molecule has 0 radical (unpaired) electrons. The molecule has 0 saturated carbocycles. The van der Waals surface area contributed by atoms with E-state index in [9.17, 15) is 9.59 Å². The zero-order chi connectivity index (χ0) is 15.2. The number of urea groups is 1. The third-order valence-electron chi connectivity index (χ3n) is 2.48. The molecule has 112 valence electrons. The van der Waals surface area contributed by atoms with E-state index in [4.69, 9.17) is 5.11 Å². The van der Waals surface area contributed by atoms with Gasteiger partial charge >= 0.3 is 12.0 Å². The molecule has 2 aromatic heterocycles. The van der Waals surface area contributed by atoms with E-state index in [0.717, 1.165) is 10.7 Å². The first-order chi connectivity index (χ1) is 10.0. The molecule has 0 fully saturated rings. The van der Waals surface area contributed by atoms with Gasteiger partial charge in [0, 0.05) is 30.2 Å². The van der Waals surface area contributed by atoms with Gasteiger partial charge < -0.3 is 15.7 Å². The molecular weight excluding hydrogens is 294 g/mol. The van der Waals surface area contributed by atoms with Crippen LogP contribution in [0.4, 0.5) is 10.5 Å². The van der Waals surface area contributed by atoms with Gasteiger partial charge in [0.25, 0.3) is 0 Å². The number of carboxylic acids is 1. The molecule has 0 unspecified atom stereocenters. The van der Waals surface area contributed by atoms with Crippen LogP contribution < -0.4 is 10.6 Å². The standard InChI is InChI=1S/C12H15N5O3S/c1-8-7-21-10(15-8)2-3-13-12(20)16-9-4-14-17(5-9)6-11(18)19/h4-5,7H,2-3,6H2,1H3,(H,18,19)(H2,13,16,20). The Morgan fingerprint density at radius 3 is 2.95 bits per heavy atom. The summed E-state index contributed by atoms with van der Waals surface area (Å²) in [5, 5.41) is 20.7. The molecule has 0 saturated heterocycles. The summed E-state index contributed by atoms with van der Waals surface area (Å²) in [5.41, 5.74) is 1.42. The summed E-state index contributed by atoms with van der Waals surface area (Å²) in [6.45, 7) is 2.16. The Kier molecular flexibility index (Phi) is 4.88. The molecule has 2 amide bonds. The van der Waals surface area contributed by atoms with Crippen molar-refractivity contribution in [3.63, 3.8) is 0 Å². The SMILES string of the molecule is Cc1csc(CCNC(=O)Nc2cnn(CC(=O)O)c2)n1. The molecule has 9 heteroatoms. The number of aromatic nitrogens is 3. The first-order valence-electron chi connectivity index (χ1n) is 6.23. The van der Waals surface area contributed by atoms with Gasteiger partial charge in [-0.25, -0.2) is 9.78 Å². The third-order valence-corrected chi connectivity index (χ3v) is 3.51. The van der Waals surface area contributed by atoms with Crippen molar-refractivity contribution in [2.24, 2.45) is 0 Å². The number of nitrogens with zero attached hydrogens (tertiary/aromatic N) is 3. The summed E-state index contributed by atoms with van der Waals surface area (Å²) < 4.78 is 1.23. The van der Waals surface area contributed by atoms with Crippen molar-refractivity contribution in [3.8, 4) is 0 Å². The Morgan fingerprint density at radius 1 is 1.48 bits per heavy atom. The number of thiazole rings is 1. The average Bonchev–Trinajstić information content (AvgIpc) is 2.98. The second-order valence-electron chi connectivity index (χ2n) is 4.33. The molecule has 0 spiro atoms. The van der Waals surface area contributed by atoms with Gasteiger partial charge in [0.2, 0.25) is 0 Å². The fraction of sp³-hybridized carbons (Fsp3) is 0.333. The van der Waals surface area contributed by atoms with E-state index in [1.54, 1.807) is 11.3 Å². The molecule has 0 aliphatic carbocycles. The lowest BCUT2D eigenvalue weighted by Crippen LogP contribution is -2.30. The van der Waals surface area contributed by atoms with Crippen LogP contribution in [0.2, 0.25) is 0 Å². The maximum Gasteiger partial charge on any atom is 0.325 e. The van der Waals surface area contributed by atoms with Crippen molar-refractivity contribution in [1.29, 1.82) is 0 Å². The predicted molar refractivity (Wildman–Crippen MR) is 77.4 cm³/mol. The van der Waals surface area contributed by atoms with E-state index in [1.165, 1.54) is 17.1 Å². The van der Waals surface area contributed by atoms with Gasteiger partial charge in [-0.1, -0.05) is 0 Å². The highest BCUT2D eigenvalue weighted by Crippen LogP contribution is 2.08. The van der Waals surface area contributed by atoms with Crippen molar-refractivity contribution in [1.82, 2.24) is 20.1 Å². The molecule has 0 aliphatic rings. The number of carbonyl (C=O) groups is 2. The van der Waals surface area contributed by atoms with Crippen molar-refractivity contribution in [2.45, 2.75) is 19.9 Å². The van der Waals surface area contributed by atoms with Crippen LogP contribution in [-0.4, -0.2) is 38.4 Å². The fourth-order valence-corrected chi connectivity index (χ4v) is 2.40. The highest BCUT2D eigenvalue weighted by molar-refractivity contribution is 7.09. The van der Waals surface area contributed by atoms with Crippen LogP contribution in [0, 0.1) is 6.92 Å². The Bertz CT molecular complexity index is 636. The Labute approximate surface area is 124 Å². The van der Waals surface area contributed by atoms with Crippen LogP contribution in [0.15, 0.2) is 17.8 Å². The van der Waals surface area contributed by atoms with Gasteiger partial charge in [-0.3, -0.25) is 9.48 Å². The topological polar surface area (TPSA) is 109 Å². The minimum Gasteiger partial charge on any atom is -0.480 e. The number of anilines is 1. The van der Waals surface area contributed by atoms with Gasteiger partial charge in [0.15, 0.2) is 0 Å². The van der Waals surface area contributed by atoms with E-state index in [0.29, 0.717) is 18.7 Å². The molecule has 2 rings (SSSR count). The van der Waals surface area contributed by atoms with Gasteiger partial charge in [-0.05, 0) is 6.92 Å². The lowest BCUT2D eigenvalue weighted by atomic mass is 10.4. The number of aliphatic carboxylic acids is 1. The second kappa shape index (κ2) is 6.84. The monoisotopic (exact) mass is 309 g/mol. The summed E-state index contributed by atoms with van der Waals surface area (Å²) in [5.74, 6) is -0.993. The summed E-state index contributed by atoms with van der Waals surface area (Å²) in [6, 6.07) is -0.363. The number of carboxylic acid groups (broad SMARTS) is 1. The number of rotatable bonds is 6. The predicted octanol–water partition coefficient (Wildman–Crippen LogP) is 1.10. The molecule has 0 aliphatic heterocycles. The second-order valence-corrected chi connectivity index (χ2v) is 5.28. The minimum absolute atomic E-state index is 0.243. The summed E-state index contributed by atoms with van der Waals surface area (Å²) in [7, 11) is 0. The highest BCUT2D eigenvalue weighted by Gasteiger charge is 2.06. The molecule has 2 heterocycles. The van der Waals surface area contributed by atoms with Crippen LogP contribution in [-0.2, 0) is 17.8 Å². The van der Waals surface area contributed by atoms with Gasteiger partial charge in [0.1, 0.15) is 6.54 Å². The highest BCUT2D eigenvalue weighted by atomic mass is 32.1. The first-order valence-corrected chi connectivity index (χ1v) is 7.11. The molecule has 3 N–H and O–H groups in total. The van der Waals surface area contributed by atoms with Crippen LogP contribution in [0.1, 0.15) is 10.7 Å². The lowest BCUT2D eigenvalue weighted by Gasteiger charge is -2.04. The Morgan fingerprint density at radius 2 is 2.29 bits per heavy atom. The quantitative estimate of drug-likeness (QED) is 0.740. The number of hydrogen-bond acceptors (Lipinski definition) is 5. The van der Waals surface area contributed by atoms with Crippen LogP contribution in [0.25, 0.3) is 0 Å². The Balaban J connectivity index is 1.74. The summed E-state index contributed by atoms with van der Waals surface area (Å²) in [4.78, 5) is 26.5. The van der Waals surface area contributed by atoms with Crippen LogP contribution >= 0.6 is 11.3 Å². The average molecular weight is 309 g/mol. The van der Waals surface area contributed by atoms with E-state index < -0.39 is 5.97 Å². The molecule has 0 bridgehead atoms. The largest absolute Gasteiger partial charge is 0.480 e. The Hall–Kier alpha value is -2.42. The molecule has 21 heavy (non-hydrogen) atoms. The molecular formula is C12H15N5O3S.